The predicted molar refractivity (Wildman–Crippen MR) is 86.3 cm³/mol. The molecule has 0 aromatic rings. The molecule has 1 aliphatic heterocycles. The molecule has 19 heavy (non-hydrogen) atoms. The van der Waals surface area contributed by atoms with Crippen LogP contribution in [0.15, 0.2) is 23.1 Å². The summed E-state index contributed by atoms with van der Waals surface area (Å²) in [5.41, 5.74) is 1.07. The zero-order chi connectivity index (χ0) is 14.8. The molecule has 1 heterocycles. The van der Waals surface area contributed by atoms with Crippen molar-refractivity contribution in [2.24, 2.45) is 9.98 Å². The molecule has 1 aliphatic rings. The molecule has 0 unspecified atom stereocenters. The topological polar surface area (TPSA) is 31.2 Å². The maximum absolute atomic E-state index is 4.53. The highest BCUT2D eigenvalue weighted by Crippen LogP contribution is 2.07. The summed E-state index contributed by atoms with van der Waals surface area (Å²) in [6.07, 6.45) is 0. The molecule has 4 nitrogen and oxygen atoms in total. The lowest BCUT2D eigenvalue weighted by Crippen LogP contribution is -2.50. The number of piperazine rings is 1. The first-order valence-corrected chi connectivity index (χ1v) is 7.10. The van der Waals surface area contributed by atoms with E-state index in [4.69, 9.17) is 0 Å². The lowest BCUT2D eigenvalue weighted by molar-refractivity contribution is 0.148. The van der Waals surface area contributed by atoms with Gasteiger partial charge in [0.15, 0.2) is 0 Å². The summed E-state index contributed by atoms with van der Waals surface area (Å²) in [5.74, 6) is 0.913. The van der Waals surface area contributed by atoms with Crippen LogP contribution in [0.1, 0.15) is 34.6 Å². The van der Waals surface area contributed by atoms with Crippen molar-refractivity contribution >= 4 is 11.7 Å². The van der Waals surface area contributed by atoms with Gasteiger partial charge in [0.05, 0.1) is 0 Å². The van der Waals surface area contributed by atoms with E-state index in [-0.39, 0.29) is 0 Å². The van der Waals surface area contributed by atoms with Gasteiger partial charge in [-0.3, -0.25) is 9.89 Å². The molecule has 0 saturated carbocycles. The van der Waals surface area contributed by atoms with Gasteiger partial charge < -0.3 is 4.90 Å². The second-order valence-corrected chi connectivity index (χ2v) is 4.95. The lowest BCUT2D eigenvalue weighted by Gasteiger charge is -2.37. The SMILES string of the molecule is C=C.CCN=C(N=C(C)C)N1CCN(C(C)C)CC1. The van der Waals surface area contributed by atoms with Crippen molar-refractivity contribution in [2.45, 2.75) is 40.7 Å². The Morgan fingerprint density at radius 3 is 2.00 bits per heavy atom. The number of hydrogen-bond donors (Lipinski definition) is 0. The number of aliphatic imine (C=N–C) groups is 2. The molecule has 0 spiro atoms. The van der Waals surface area contributed by atoms with E-state index in [9.17, 15) is 0 Å². The van der Waals surface area contributed by atoms with Gasteiger partial charge in [0.2, 0.25) is 5.96 Å². The quantitative estimate of drug-likeness (QED) is 0.437. The van der Waals surface area contributed by atoms with Gasteiger partial charge in [0.1, 0.15) is 0 Å². The summed E-state index contributed by atoms with van der Waals surface area (Å²) in [4.78, 5) is 13.8. The fourth-order valence-electron chi connectivity index (χ4n) is 1.99. The first kappa shape index (κ1) is 17.8. The van der Waals surface area contributed by atoms with Crippen LogP contribution in [0, 0.1) is 0 Å². The van der Waals surface area contributed by atoms with Crippen molar-refractivity contribution in [3.63, 3.8) is 0 Å². The van der Waals surface area contributed by atoms with Gasteiger partial charge in [0, 0.05) is 44.5 Å². The third kappa shape index (κ3) is 6.53. The van der Waals surface area contributed by atoms with Crippen LogP contribution in [0.25, 0.3) is 0 Å². The van der Waals surface area contributed by atoms with E-state index in [1.54, 1.807) is 0 Å². The Morgan fingerprint density at radius 1 is 1.11 bits per heavy atom. The Balaban J connectivity index is 0.00000154. The molecule has 0 radical (unpaired) electrons. The molecular formula is C15H30N4. The number of hydrogen-bond acceptors (Lipinski definition) is 2. The monoisotopic (exact) mass is 266 g/mol. The van der Waals surface area contributed by atoms with Gasteiger partial charge >= 0.3 is 0 Å². The van der Waals surface area contributed by atoms with Crippen LogP contribution in [-0.2, 0) is 0 Å². The van der Waals surface area contributed by atoms with Crippen molar-refractivity contribution in [3.8, 4) is 0 Å². The number of rotatable bonds is 2. The normalized spacial score (nSPS) is 16.9. The van der Waals surface area contributed by atoms with E-state index in [1.807, 2.05) is 13.8 Å². The van der Waals surface area contributed by atoms with Crippen LogP contribution in [0.3, 0.4) is 0 Å². The van der Waals surface area contributed by atoms with Crippen molar-refractivity contribution in [3.05, 3.63) is 13.2 Å². The van der Waals surface area contributed by atoms with Gasteiger partial charge in [-0.05, 0) is 34.6 Å². The Bertz CT molecular complexity index is 295. The molecule has 0 bridgehead atoms. The average Bonchev–Trinajstić information content (AvgIpc) is 2.40. The molecule has 0 aromatic heterocycles. The second kappa shape index (κ2) is 9.73. The first-order chi connectivity index (χ1) is 9.04. The van der Waals surface area contributed by atoms with Crippen molar-refractivity contribution < 1.29 is 0 Å². The van der Waals surface area contributed by atoms with Gasteiger partial charge in [-0.2, -0.15) is 0 Å². The zero-order valence-corrected chi connectivity index (χ0v) is 13.3. The van der Waals surface area contributed by atoms with E-state index in [0.29, 0.717) is 6.04 Å². The molecule has 1 fully saturated rings. The van der Waals surface area contributed by atoms with Crippen LogP contribution in [-0.4, -0.2) is 60.2 Å². The molecule has 0 amide bonds. The van der Waals surface area contributed by atoms with E-state index in [0.717, 1.165) is 44.4 Å². The Morgan fingerprint density at radius 2 is 1.63 bits per heavy atom. The maximum atomic E-state index is 4.53. The summed E-state index contributed by atoms with van der Waals surface area (Å²) in [7, 11) is 0. The summed E-state index contributed by atoms with van der Waals surface area (Å²) < 4.78 is 0. The summed E-state index contributed by atoms with van der Waals surface area (Å²) in [6, 6.07) is 0.639. The van der Waals surface area contributed by atoms with Crippen LogP contribution in [0.5, 0.6) is 0 Å². The molecule has 1 rings (SSSR count). The fraction of sp³-hybridized carbons (Fsp3) is 0.733. The first-order valence-electron chi connectivity index (χ1n) is 7.10. The second-order valence-electron chi connectivity index (χ2n) is 4.95. The van der Waals surface area contributed by atoms with E-state index >= 15 is 0 Å². The largest absolute Gasteiger partial charge is 0.339 e. The van der Waals surface area contributed by atoms with E-state index in [2.05, 4.69) is 53.7 Å². The summed E-state index contributed by atoms with van der Waals surface area (Å²) in [6.45, 7) is 21.7. The third-order valence-electron chi connectivity index (χ3n) is 2.95. The van der Waals surface area contributed by atoms with Crippen molar-refractivity contribution in [1.29, 1.82) is 0 Å². The summed E-state index contributed by atoms with van der Waals surface area (Å²) in [5, 5.41) is 0. The van der Waals surface area contributed by atoms with Gasteiger partial charge in [0.25, 0.3) is 0 Å². The van der Waals surface area contributed by atoms with Crippen LogP contribution >= 0.6 is 0 Å². The minimum absolute atomic E-state index is 0.639. The molecule has 0 N–H and O–H groups in total. The summed E-state index contributed by atoms with van der Waals surface area (Å²) >= 11 is 0. The highest BCUT2D eigenvalue weighted by atomic mass is 15.3. The maximum Gasteiger partial charge on any atom is 0.220 e. The Hall–Kier alpha value is -1.16. The average molecular weight is 266 g/mol. The highest BCUT2D eigenvalue weighted by Gasteiger charge is 2.20. The fourth-order valence-corrected chi connectivity index (χ4v) is 1.99. The molecule has 0 aromatic carbocycles. The van der Waals surface area contributed by atoms with Crippen LogP contribution in [0.4, 0.5) is 0 Å². The molecule has 1 saturated heterocycles. The number of guanidine groups is 1. The standard InChI is InChI=1S/C13H26N4.C2H4/c1-6-14-13(15-11(2)3)17-9-7-16(8-10-17)12(4)5;1-2/h12H,6-10H2,1-5H3;1-2H2. The molecular weight excluding hydrogens is 236 g/mol. The molecule has 0 atom stereocenters. The van der Waals surface area contributed by atoms with Crippen molar-refractivity contribution in [1.82, 2.24) is 9.80 Å². The Labute approximate surface area is 118 Å². The number of nitrogens with zero attached hydrogens (tertiary/aromatic N) is 4. The van der Waals surface area contributed by atoms with Gasteiger partial charge in [-0.25, -0.2) is 4.99 Å². The van der Waals surface area contributed by atoms with E-state index in [1.165, 1.54) is 0 Å². The van der Waals surface area contributed by atoms with Crippen LogP contribution < -0.4 is 0 Å². The third-order valence-corrected chi connectivity index (χ3v) is 2.95. The minimum atomic E-state index is 0.639. The molecule has 110 valence electrons. The highest BCUT2D eigenvalue weighted by molar-refractivity contribution is 5.94. The molecule has 0 aliphatic carbocycles. The Kier molecular flexibility index (Phi) is 9.13. The van der Waals surface area contributed by atoms with Gasteiger partial charge in [-0.15, -0.1) is 13.2 Å². The van der Waals surface area contributed by atoms with Gasteiger partial charge in [-0.1, -0.05) is 0 Å². The smallest absolute Gasteiger partial charge is 0.220 e. The van der Waals surface area contributed by atoms with E-state index < -0.39 is 0 Å². The van der Waals surface area contributed by atoms with Crippen molar-refractivity contribution in [2.75, 3.05) is 32.7 Å². The predicted octanol–water partition coefficient (Wildman–Crippen LogP) is 2.67. The molecule has 4 heteroatoms. The lowest BCUT2D eigenvalue weighted by atomic mass is 10.2. The zero-order valence-electron chi connectivity index (χ0n) is 13.3. The van der Waals surface area contributed by atoms with Crippen LogP contribution in [0.2, 0.25) is 0 Å². The minimum Gasteiger partial charge on any atom is -0.339 e.